The third-order valence-electron chi connectivity index (χ3n) is 2.37. The predicted molar refractivity (Wildman–Crippen MR) is 57.3 cm³/mol. The van der Waals surface area contributed by atoms with E-state index in [1.54, 1.807) is 0 Å². The monoisotopic (exact) mass is 248 g/mol. The molecule has 0 saturated carbocycles. The van der Waals surface area contributed by atoms with Gasteiger partial charge in [-0.15, -0.1) is 0 Å². The number of aliphatic hydroxyl groups is 1. The number of hydrogen-bond donors (Lipinski definition) is 1. The average Bonchev–Trinajstić information content (AvgIpc) is 2.28. The molecule has 0 amide bonds. The number of hydrogen-bond acceptors (Lipinski definition) is 2. The molecule has 2 nitrogen and oxygen atoms in total. The molecule has 1 aromatic carbocycles. The van der Waals surface area contributed by atoms with Crippen LogP contribution in [0.4, 0.5) is 13.2 Å². The maximum absolute atomic E-state index is 12.1. The fourth-order valence-corrected chi connectivity index (χ4v) is 1.35. The molecule has 0 aliphatic carbocycles. The molecule has 0 fully saturated rings. The molecule has 1 aromatic rings. The Labute approximate surface area is 98.0 Å². The Balaban J connectivity index is 2.32. The molecule has 1 rings (SSSR count). The first-order valence-electron chi connectivity index (χ1n) is 5.27. The zero-order chi connectivity index (χ0) is 12.9. The molecule has 0 aliphatic heterocycles. The van der Waals surface area contributed by atoms with Gasteiger partial charge in [-0.1, -0.05) is 37.3 Å². The van der Waals surface area contributed by atoms with Crippen molar-refractivity contribution >= 4 is 0 Å². The lowest BCUT2D eigenvalue weighted by Gasteiger charge is -2.21. The minimum Gasteiger partial charge on any atom is -0.383 e. The molecule has 0 unspecified atom stereocenters. The van der Waals surface area contributed by atoms with Gasteiger partial charge in [0, 0.05) is 5.92 Å². The van der Waals surface area contributed by atoms with E-state index in [1.165, 1.54) is 6.92 Å². The predicted octanol–water partition coefficient (Wildman–Crippen LogP) is 2.76. The van der Waals surface area contributed by atoms with Crippen LogP contribution >= 0.6 is 0 Å². The second-order valence-corrected chi connectivity index (χ2v) is 3.96. The molecule has 96 valence electrons. The summed E-state index contributed by atoms with van der Waals surface area (Å²) in [7, 11) is 0. The van der Waals surface area contributed by atoms with Crippen molar-refractivity contribution in [3.8, 4) is 0 Å². The Morgan fingerprint density at radius 2 is 1.82 bits per heavy atom. The SMILES string of the molecule is C[C@H](COCc1ccccc1)[C@@H](O)C(F)(F)F. The summed E-state index contributed by atoms with van der Waals surface area (Å²) in [5.41, 5.74) is 0.890. The minimum absolute atomic E-state index is 0.129. The molecule has 5 heteroatoms. The van der Waals surface area contributed by atoms with Crippen molar-refractivity contribution in [3.05, 3.63) is 35.9 Å². The maximum Gasteiger partial charge on any atom is 0.414 e. The van der Waals surface area contributed by atoms with Gasteiger partial charge in [-0.2, -0.15) is 13.2 Å². The zero-order valence-corrected chi connectivity index (χ0v) is 9.45. The van der Waals surface area contributed by atoms with Crippen molar-refractivity contribution in [2.24, 2.45) is 5.92 Å². The lowest BCUT2D eigenvalue weighted by Crippen LogP contribution is -2.36. The van der Waals surface area contributed by atoms with Gasteiger partial charge >= 0.3 is 6.18 Å². The van der Waals surface area contributed by atoms with E-state index in [0.717, 1.165) is 5.56 Å². The third kappa shape index (κ3) is 4.75. The summed E-state index contributed by atoms with van der Waals surface area (Å²) in [5, 5.41) is 8.95. The van der Waals surface area contributed by atoms with Crippen LogP contribution in [0.3, 0.4) is 0 Å². The Morgan fingerprint density at radius 1 is 1.24 bits per heavy atom. The van der Waals surface area contributed by atoms with Crippen LogP contribution < -0.4 is 0 Å². The lowest BCUT2D eigenvalue weighted by atomic mass is 10.1. The number of ether oxygens (including phenoxy) is 1. The van der Waals surface area contributed by atoms with Gasteiger partial charge in [-0.25, -0.2) is 0 Å². The van der Waals surface area contributed by atoms with Gasteiger partial charge in [0.2, 0.25) is 0 Å². The number of benzene rings is 1. The summed E-state index contributed by atoms with van der Waals surface area (Å²) < 4.78 is 41.6. The van der Waals surface area contributed by atoms with Crippen LogP contribution in [0.25, 0.3) is 0 Å². The highest BCUT2D eigenvalue weighted by Crippen LogP contribution is 2.25. The molecule has 0 aromatic heterocycles. The summed E-state index contributed by atoms with van der Waals surface area (Å²) in [6.07, 6.45) is -6.92. The van der Waals surface area contributed by atoms with E-state index >= 15 is 0 Å². The molecule has 1 N–H and O–H groups in total. The van der Waals surface area contributed by atoms with E-state index in [2.05, 4.69) is 0 Å². The molecule has 0 saturated heterocycles. The summed E-state index contributed by atoms with van der Waals surface area (Å²) in [6.45, 7) is 1.43. The van der Waals surface area contributed by atoms with Gasteiger partial charge in [-0.3, -0.25) is 0 Å². The zero-order valence-electron chi connectivity index (χ0n) is 9.45. The van der Waals surface area contributed by atoms with Gasteiger partial charge in [0.05, 0.1) is 13.2 Å². The first kappa shape index (κ1) is 14.0. The molecular formula is C12H15F3O2. The average molecular weight is 248 g/mol. The Morgan fingerprint density at radius 3 is 2.35 bits per heavy atom. The third-order valence-corrected chi connectivity index (χ3v) is 2.37. The molecular weight excluding hydrogens is 233 g/mol. The highest BCUT2D eigenvalue weighted by atomic mass is 19.4. The summed E-state index contributed by atoms with van der Waals surface area (Å²) in [5.74, 6) is -0.973. The van der Waals surface area contributed by atoms with Crippen LogP contribution in [0.2, 0.25) is 0 Å². The van der Waals surface area contributed by atoms with Crippen molar-refractivity contribution in [1.29, 1.82) is 0 Å². The smallest absolute Gasteiger partial charge is 0.383 e. The highest BCUT2D eigenvalue weighted by Gasteiger charge is 2.41. The van der Waals surface area contributed by atoms with E-state index in [0.29, 0.717) is 0 Å². The van der Waals surface area contributed by atoms with E-state index in [4.69, 9.17) is 9.84 Å². The van der Waals surface area contributed by atoms with Gasteiger partial charge in [0.1, 0.15) is 0 Å². The highest BCUT2D eigenvalue weighted by molar-refractivity contribution is 5.13. The second kappa shape index (κ2) is 6.02. The number of rotatable bonds is 5. The summed E-state index contributed by atoms with van der Waals surface area (Å²) >= 11 is 0. The van der Waals surface area contributed by atoms with Gasteiger partial charge < -0.3 is 9.84 Å². The van der Waals surface area contributed by atoms with Crippen molar-refractivity contribution in [3.63, 3.8) is 0 Å². The second-order valence-electron chi connectivity index (χ2n) is 3.96. The normalized spacial score (nSPS) is 15.6. The molecule has 0 aliphatic rings. The maximum atomic E-state index is 12.1. The fraction of sp³-hybridized carbons (Fsp3) is 0.500. The quantitative estimate of drug-likeness (QED) is 0.868. The minimum atomic E-state index is -4.59. The van der Waals surface area contributed by atoms with Gasteiger partial charge in [0.25, 0.3) is 0 Å². The molecule has 17 heavy (non-hydrogen) atoms. The van der Waals surface area contributed by atoms with Crippen LogP contribution in [0.1, 0.15) is 12.5 Å². The largest absolute Gasteiger partial charge is 0.414 e. The van der Waals surface area contributed by atoms with Crippen LogP contribution in [0, 0.1) is 5.92 Å². The Kier molecular flexibility index (Phi) is 4.96. The molecule has 0 bridgehead atoms. The molecule has 0 heterocycles. The van der Waals surface area contributed by atoms with Crippen LogP contribution in [0.5, 0.6) is 0 Å². The Bertz CT molecular complexity index is 324. The lowest BCUT2D eigenvalue weighted by molar-refractivity contribution is -0.222. The number of halogens is 3. The van der Waals surface area contributed by atoms with Crippen molar-refractivity contribution in [1.82, 2.24) is 0 Å². The molecule has 2 atom stereocenters. The van der Waals surface area contributed by atoms with Crippen LogP contribution in [-0.2, 0) is 11.3 Å². The van der Waals surface area contributed by atoms with Crippen molar-refractivity contribution in [2.75, 3.05) is 6.61 Å². The topological polar surface area (TPSA) is 29.5 Å². The molecule has 0 spiro atoms. The van der Waals surface area contributed by atoms with Gasteiger partial charge in [0.15, 0.2) is 6.10 Å². The van der Waals surface area contributed by atoms with Crippen LogP contribution in [-0.4, -0.2) is 24.0 Å². The van der Waals surface area contributed by atoms with E-state index in [9.17, 15) is 13.2 Å². The summed E-state index contributed by atoms with van der Waals surface area (Å²) in [4.78, 5) is 0. The van der Waals surface area contributed by atoms with Crippen LogP contribution in [0.15, 0.2) is 30.3 Å². The van der Waals surface area contributed by atoms with Gasteiger partial charge in [-0.05, 0) is 5.56 Å². The summed E-state index contributed by atoms with van der Waals surface area (Å²) in [6, 6.07) is 9.15. The Hall–Kier alpha value is -1.07. The van der Waals surface area contributed by atoms with E-state index < -0.39 is 18.2 Å². The molecule has 0 radical (unpaired) electrons. The number of alkyl halides is 3. The number of aliphatic hydroxyl groups excluding tert-OH is 1. The van der Waals surface area contributed by atoms with E-state index in [1.807, 2.05) is 30.3 Å². The van der Waals surface area contributed by atoms with Crippen molar-refractivity contribution in [2.45, 2.75) is 25.8 Å². The van der Waals surface area contributed by atoms with Crippen molar-refractivity contribution < 1.29 is 23.0 Å². The fourth-order valence-electron chi connectivity index (χ4n) is 1.35. The first-order valence-corrected chi connectivity index (χ1v) is 5.27. The first-order chi connectivity index (χ1) is 7.91. The van der Waals surface area contributed by atoms with E-state index in [-0.39, 0.29) is 13.2 Å². The standard InChI is InChI=1S/C12H15F3O2/c1-9(11(16)12(13,14)15)7-17-8-10-5-3-2-4-6-10/h2-6,9,11,16H,7-8H2,1H3/t9-,11-/m1/s1.